The largest absolute Gasteiger partial charge is 0.351 e. The average molecular weight is 401 g/mol. The average Bonchev–Trinajstić information content (AvgIpc) is 3.07. The van der Waals surface area contributed by atoms with Gasteiger partial charge in [-0.3, -0.25) is 4.79 Å². The normalized spacial score (nSPS) is 11.3. The minimum atomic E-state index is -3.72. The summed E-state index contributed by atoms with van der Waals surface area (Å²) < 4.78 is 40.1. The third-order valence-corrected chi connectivity index (χ3v) is 5.53. The van der Waals surface area contributed by atoms with Crippen LogP contribution in [0, 0.1) is 5.82 Å². The smallest absolute Gasteiger partial charge is 0.235 e. The van der Waals surface area contributed by atoms with Gasteiger partial charge in [0, 0.05) is 31.0 Å². The summed E-state index contributed by atoms with van der Waals surface area (Å²) in [5.41, 5.74) is 1.31. The first-order valence-electron chi connectivity index (χ1n) is 8.67. The lowest BCUT2D eigenvalue weighted by atomic mass is 10.2. The molecule has 6 nitrogen and oxygen atoms in total. The predicted octanol–water partition coefficient (Wildman–Crippen LogP) is 2.30. The van der Waals surface area contributed by atoms with Gasteiger partial charge in [0.25, 0.3) is 0 Å². The zero-order valence-electron chi connectivity index (χ0n) is 15.1. The molecule has 8 heteroatoms. The number of hydrogen-bond donors (Lipinski definition) is 1. The summed E-state index contributed by atoms with van der Waals surface area (Å²) in [4.78, 5) is 16.1. The molecule has 0 spiro atoms. The van der Waals surface area contributed by atoms with Gasteiger partial charge >= 0.3 is 0 Å². The van der Waals surface area contributed by atoms with Gasteiger partial charge in [-0.15, -0.1) is 0 Å². The van der Waals surface area contributed by atoms with E-state index >= 15 is 0 Å². The van der Waals surface area contributed by atoms with Crippen molar-refractivity contribution in [1.29, 1.82) is 0 Å². The first kappa shape index (κ1) is 19.8. The molecule has 0 saturated carbocycles. The molecule has 0 aliphatic heterocycles. The second kappa shape index (κ2) is 8.79. The molecule has 0 aliphatic carbocycles. The van der Waals surface area contributed by atoms with Gasteiger partial charge in [0.2, 0.25) is 5.91 Å². The number of hydrogen-bond acceptors (Lipinski definition) is 4. The molecule has 1 heterocycles. The number of nitrogens with one attached hydrogen (secondary N) is 1. The molecule has 0 bridgehead atoms. The Bertz CT molecular complexity index is 1050. The molecule has 1 amide bonds. The summed E-state index contributed by atoms with van der Waals surface area (Å²) in [5, 5.41) is 2.44. The molecule has 3 aromatic rings. The third kappa shape index (κ3) is 5.50. The fraction of sp³-hybridized carbons (Fsp3) is 0.200. The highest BCUT2D eigenvalue weighted by Crippen LogP contribution is 2.10. The van der Waals surface area contributed by atoms with Crippen LogP contribution in [0.1, 0.15) is 17.0 Å². The molecule has 146 valence electrons. The van der Waals surface area contributed by atoms with Crippen LogP contribution in [0.4, 0.5) is 4.39 Å². The van der Waals surface area contributed by atoms with Crippen LogP contribution >= 0.6 is 0 Å². The fourth-order valence-electron chi connectivity index (χ4n) is 2.74. The van der Waals surface area contributed by atoms with E-state index in [2.05, 4.69) is 10.3 Å². The standard InChI is InChI=1S/C20H20FN3O3S/c21-18-9-5-4-8-17(18)12-23-20(25)15-28(26,27)14-19-22-10-11-24(19)13-16-6-2-1-3-7-16/h1-11H,12-15H2,(H,23,25). The van der Waals surface area contributed by atoms with Crippen molar-refractivity contribution < 1.29 is 17.6 Å². The summed E-state index contributed by atoms with van der Waals surface area (Å²) in [7, 11) is -3.72. The number of halogens is 1. The number of sulfone groups is 1. The molecular formula is C20H20FN3O3S. The Morgan fingerprint density at radius 3 is 2.54 bits per heavy atom. The van der Waals surface area contributed by atoms with E-state index in [9.17, 15) is 17.6 Å². The molecule has 0 saturated heterocycles. The molecule has 0 aliphatic rings. The Balaban J connectivity index is 1.59. The van der Waals surface area contributed by atoms with E-state index in [1.165, 1.54) is 18.3 Å². The number of benzene rings is 2. The zero-order chi connectivity index (χ0) is 20.0. The Labute approximate surface area is 163 Å². The summed E-state index contributed by atoms with van der Waals surface area (Å²) in [6.45, 7) is 0.425. The summed E-state index contributed by atoms with van der Waals surface area (Å²) >= 11 is 0. The minimum absolute atomic E-state index is 0.0658. The summed E-state index contributed by atoms with van der Waals surface area (Å²) in [5.74, 6) is -1.79. The quantitative estimate of drug-likeness (QED) is 0.628. The Hall–Kier alpha value is -3.00. The van der Waals surface area contributed by atoms with Crippen LogP contribution in [0.5, 0.6) is 0 Å². The van der Waals surface area contributed by atoms with Gasteiger partial charge < -0.3 is 9.88 Å². The molecular weight excluding hydrogens is 381 g/mol. The second-order valence-electron chi connectivity index (χ2n) is 6.36. The van der Waals surface area contributed by atoms with Gasteiger partial charge in [-0.25, -0.2) is 17.8 Å². The number of amides is 1. The predicted molar refractivity (Wildman–Crippen MR) is 104 cm³/mol. The van der Waals surface area contributed by atoms with Crippen LogP contribution in [0.2, 0.25) is 0 Å². The first-order chi connectivity index (χ1) is 13.4. The topological polar surface area (TPSA) is 81.1 Å². The number of imidazole rings is 1. The lowest BCUT2D eigenvalue weighted by Gasteiger charge is -2.09. The van der Waals surface area contributed by atoms with Crippen LogP contribution in [-0.4, -0.2) is 29.6 Å². The van der Waals surface area contributed by atoms with E-state index in [1.807, 2.05) is 30.3 Å². The Morgan fingerprint density at radius 1 is 1.07 bits per heavy atom. The van der Waals surface area contributed by atoms with Gasteiger partial charge in [-0.2, -0.15) is 0 Å². The molecule has 0 fully saturated rings. The maximum atomic E-state index is 13.6. The molecule has 0 atom stereocenters. The van der Waals surface area contributed by atoms with Crippen LogP contribution in [0.15, 0.2) is 67.0 Å². The van der Waals surface area contributed by atoms with Crippen molar-refractivity contribution in [2.24, 2.45) is 0 Å². The monoisotopic (exact) mass is 401 g/mol. The van der Waals surface area contributed by atoms with E-state index in [4.69, 9.17) is 0 Å². The minimum Gasteiger partial charge on any atom is -0.351 e. The first-order valence-corrected chi connectivity index (χ1v) is 10.5. The van der Waals surface area contributed by atoms with E-state index in [-0.39, 0.29) is 12.3 Å². The van der Waals surface area contributed by atoms with Crippen LogP contribution < -0.4 is 5.32 Å². The third-order valence-electron chi connectivity index (χ3n) is 4.13. The Morgan fingerprint density at radius 2 is 1.79 bits per heavy atom. The molecule has 1 aromatic heterocycles. The van der Waals surface area contributed by atoms with E-state index in [1.54, 1.807) is 22.9 Å². The number of carbonyl (C=O) groups is 1. The molecule has 0 radical (unpaired) electrons. The van der Waals surface area contributed by atoms with Crippen molar-refractivity contribution >= 4 is 15.7 Å². The molecule has 2 aromatic carbocycles. The highest BCUT2D eigenvalue weighted by Gasteiger charge is 2.20. The number of aromatic nitrogens is 2. The molecule has 3 rings (SSSR count). The van der Waals surface area contributed by atoms with Crippen molar-refractivity contribution in [2.45, 2.75) is 18.8 Å². The number of carbonyl (C=O) groups excluding carboxylic acids is 1. The highest BCUT2D eigenvalue weighted by atomic mass is 32.2. The number of rotatable bonds is 8. The van der Waals surface area contributed by atoms with Gasteiger partial charge in [0.05, 0.1) is 0 Å². The zero-order valence-corrected chi connectivity index (χ0v) is 15.9. The summed E-state index contributed by atoms with van der Waals surface area (Å²) in [6.07, 6.45) is 3.24. The second-order valence-corrected chi connectivity index (χ2v) is 8.42. The van der Waals surface area contributed by atoms with Crippen LogP contribution in [0.3, 0.4) is 0 Å². The molecule has 1 N–H and O–H groups in total. The fourth-order valence-corrected chi connectivity index (χ4v) is 3.98. The van der Waals surface area contributed by atoms with Crippen molar-refractivity contribution in [3.63, 3.8) is 0 Å². The van der Waals surface area contributed by atoms with Crippen molar-refractivity contribution in [2.75, 3.05) is 5.75 Å². The van der Waals surface area contributed by atoms with Crippen LogP contribution in [-0.2, 0) is 33.5 Å². The van der Waals surface area contributed by atoms with Crippen molar-refractivity contribution in [1.82, 2.24) is 14.9 Å². The lowest BCUT2D eigenvalue weighted by molar-refractivity contribution is -0.118. The van der Waals surface area contributed by atoms with Gasteiger partial charge in [-0.05, 0) is 11.6 Å². The number of nitrogens with zero attached hydrogens (tertiary/aromatic N) is 2. The highest BCUT2D eigenvalue weighted by molar-refractivity contribution is 7.91. The maximum Gasteiger partial charge on any atom is 0.235 e. The van der Waals surface area contributed by atoms with E-state index < -0.39 is 27.3 Å². The Kier molecular flexibility index (Phi) is 6.20. The van der Waals surface area contributed by atoms with Gasteiger partial charge in [-0.1, -0.05) is 48.5 Å². The van der Waals surface area contributed by atoms with Gasteiger partial charge in [0.1, 0.15) is 23.1 Å². The molecule has 0 unspecified atom stereocenters. The van der Waals surface area contributed by atoms with E-state index in [0.29, 0.717) is 17.9 Å². The van der Waals surface area contributed by atoms with Crippen molar-refractivity contribution in [3.05, 3.63) is 89.8 Å². The van der Waals surface area contributed by atoms with Gasteiger partial charge in [0.15, 0.2) is 9.84 Å². The molecule has 28 heavy (non-hydrogen) atoms. The lowest BCUT2D eigenvalue weighted by Crippen LogP contribution is -2.31. The summed E-state index contributed by atoms with van der Waals surface area (Å²) in [6, 6.07) is 15.6. The van der Waals surface area contributed by atoms with E-state index in [0.717, 1.165) is 5.56 Å². The van der Waals surface area contributed by atoms with Crippen LogP contribution in [0.25, 0.3) is 0 Å². The SMILES string of the molecule is O=C(CS(=O)(=O)Cc1nccn1Cc1ccccc1)NCc1ccccc1F. The van der Waals surface area contributed by atoms with Crippen molar-refractivity contribution in [3.8, 4) is 0 Å². The maximum absolute atomic E-state index is 13.6.